The summed E-state index contributed by atoms with van der Waals surface area (Å²) in [6.07, 6.45) is 4.31. The molecule has 1 saturated heterocycles. The number of nitrogens with one attached hydrogen (secondary N) is 2. The lowest BCUT2D eigenvalue weighted by Crippen LogP contribution is -2.37. The molecule has 29 heavy (non-hydrogen) atoms. The molecule has 0 aliphatic carbocycles. The van der Waals surface area contributed by atoms with E-state index >= 15 is 0 Å². The van der Waals surface area contributed by atoms with Crippen LogP contribution >= 0.6 is 0 Å². The Kier molecular flexibility index (Phi) is 7.05. The van der Waals surface area contributed by atoms with E-state index in [2.05, 4.69) is 48.4 Å². The normalized spacial score (nSPS) is 16.3. The SMILES string of the molecule is CCCCc1cc(N2CC[C@H](NC(C)C)C2)nc(Nc2ccc(C)c(C#N)c2)n1. The Morgan fingerprint density at radius 3 is 2.83 bits per heavy atom. The Bertz CT molecular complexity index is 870. The van der Waals surface area contributed by atoms with Gasteiger partial charge in [-0.05, 0) is 43.9 Å². The summed E-state index contributed by atoms with van der Waals surface area (Å²) in [6, 6.07) is 11.1. The summed E-state index contributed by atoms with van der Waals surface area (Å²) in [7, 11) is 0. The molecule has 6 nitrogen and oxygen atoms in total. The molecule has 1 aromatic carbocycles. The predicted octanol–water partition coefficient (Wildman–Crippen LogP) is 4.32. The van der Waals surface area contributed by atoms with Gasteiger partial charge in [0.15, 0.2) is 0 Å². The molecule has 0 radical (unpaired) electrons. The maximum absolute atomic E-state index is 9.30. The number of rotatable bonds is 8. The van der Waals surface area contributed by atoms with E-state index in [4.69, 9.17) is 9.97 Å². The lowest BCUT2D eigenvalue weighted by atomic mass is 10.1. The number of nitriles is 1. The molecule has 6 heteroatoms. The van der Waals surface area contributed by atoms with Gasteiger partial charge in [0, 0.05) is 42.6 Å². The van der Waals surface area contributed by atoms with Crippen LogP contribution in [0.4, 0.5) is 17.5 Å². The Morgan fingerprint density at radius 1 is 1.28 bits per heavy atom. The van der Waals surface area contributed by atoms with Crippen molar-refractivity contribution in [3.63, 3.8) is 0 Å². The highest BCUT2D eigenvalue weighted by molar-refractivity contribution is 5.59. The van der Waals surface area contributed by atoms with Gasteiger partial charge in [0.2, 0.25) is 5.95 Å². The van der Waals surface area contributed by atoms with Crippen LogP contribution in [0.1, 0.15) is 56.9 Å². The fourth-order valence-corrected chi connectivity index (χ4v) is 3.71. The molecule has 2 N–H and O–H groups in total. The van der Waals surface area contributed by atoms with E-state index in [1.807, 2.05) is 25.1 Å². The first kappa shape index (κ1) is 21.1. The molecule has 2 heterocycles. The molecule has 1 aliphatic rings. The zero-order valence-corrected chi connectivity index (χ0v) is 18.0. The highest BCUT2D eigenvalue weighted by Crippen LogP contribution is 2.24. The Morgan fingerprint density at radius 2 is 2.10 bits per heavy atom. The van der Waals surface area contributed by atoms with Crippen molar-refractivity contribution in [2.45, 2.75) is 65.5 Å². The minimum Gasteiger partial charge on any atom is -0.355 e. The molecule has 154 valence electrons. The van der Waals surface area contributed by atoms with Gasteiger partial charge >= 0.3 is 0 Å². The van der Waals surface area contributed by atoms with Crippen molar-refractivity contribution in [3.8, 4) is 6.07 Å². The molecule has 2 aromatic rings. The average Bonchev–Trinajstić information content (AvgIpc) is 3.15. The summed E-state index contributed by atoms with van der Waals surface area (Å²) in [5.74, 6) is 1.58. The second-order valence-electron chi connectivity index (χ2n) is 8.16. The lowest BCUT2D eigenvalue weighted by molar-refractivity contribution is 0.492. The number of hydrogen-bond donors (Lipinski definition) is 2. The molecule has 0 bridgehead atoms. The van der Waals surface area contributed by atoms with Gasteiger partial charge < -0.3 is 15.5 Å². The molecule has 3 rings (SSSR count). The van der Waals surface area contributed by atoms with Crippen molar-refractivity contribution < 1.29 is 0 Å². The topological polar surface area (TPSA) is 76.9 Å². The average molecular weight is 393 g/mol. The lowest BCUT2D eigenvalue weighted by Gasteiger charge is -2.20. The Balaban J connectivity index is 1.83. The van der Waals surface area contributed by atoms with Crippen LogP contribution in [-0.4, -0.2) is 35.1 Å². The minimum atomic E-state index is 0.485. The van der Waals surface area contributed by atoms with Gasteiger partial charge in [0.1, 0.15) is 5.82 Å². The van der Waals surface area contributed by atoms with Crippen LogP contribution in [0.25, 0.3) is 0 Å². The molecule has 1 fully saturated rings. The van der Waals surface area contributed by atoms with E-state index in [1.54, 1.807) is 0 Å². The minimum absolute atomic E-state index is 0.485. The van der Waals surface area contributed by atoms with Gasteiger partial charge in [0.05, 0.1) is 11.6 Å². The number of benzene rings is 1. The van der Waals surface area contributed by atoms with Crippen molar-refractivity contribution in [1.29, 1.82) is 5.26 Å². The van der Waals surface area contributed by atoms with Crippen LogP contribution in [0, 0.1) is 18.3 Å². The fraction of sp³-hybridized carbons (Fsp3) is 0.522. The van der Waals surface area contributed by atoms with E-state index in [0.717, 1.165) is 61.5 Å². The second-order valence-corrected chi connectivity index (χ2v) is 8.16. The number of unbranched alkanes of at least 4 members (excludes halogenated alkanes) is 1. The maximum atomic E-state index is 9.30. The van der Waals surface area contributed by atoms with Crippen LogP contribution in [0.15, 0.2) is 24.3 Å². The van der Waals surface area contributed by atoms with Gasteiger partial charge in [-0.25, -0.2) is 4.98 Å². The zero-order chi connectivity index (χ0) is 20.8. The number of nitrogens with zero attached hydrogens (tertiary/aromatic N) is 4. The van der Waals surface area contributed by atoms with Crippen LogP contribution in [-0.2, 0) is 6.42 Å². The number of aromatic nitrogens is 2. The zero-order valence-electron chi connectivity index (χ0n) is 18.0. The van der Waals surface area contributed by atoms with E-state index in [1.165, 1.54) is 0 Å². The first-order valence-electron chi connectivity index (χ1n) is 10.6. The molecule has 1 aliphatic heterocycles. The highest BCUT2D eigenvalue weighted by Gasteiger charge is 2.24. The molecule has 0 unspecified atom stereocenters. The Labute approximate surface area is 174 Å². The van der Waals surface area contributed by atoms with Crippen molar-refractivity contribution in [3.05, 3.63) is 41.1 Å². The smallest absolute Gasteiger partial charge is 0.229 e. The molecular weight excluding hydrogens is 360 g/mol. The van der Waals surface area contributed by atoms with Crippen molar-refractivity contribution in [2.75, 3.05) is 23.3 Å². The maximum Gasteiger partial charge on any atom is 0.229 e. The van der Waals surface area contributed by atoms with Gasteiger partial charge in [-0.1, -0.05) is 33.3 Å². The van der Waals surface area contributed by atoms with Crippen LogP contribution in [0.5, 0.6) is 0 Å². The quantitative estimate of drug-likeness (QED) is 0.697. The van der Waals surface area contributed by atoms with Gasteiger partial charge in [0.25, 0.3) is 0 Å². The number of aryl methyl sites for hydroxylation is 2. The summed E-state index contributed by atoms with van der Waals surface area (Å²) in [5.41, 5.74) is 3.54. The van der Waals surface area contributed by atoms with Crippen LogP contribution in [0.3, 0.4) is 0 Å². The fourth-order valence-electron chi connectivity index (χ4n) is 3.71. The van der Waals surface area contributed by atoms with Gasteiger partial charge in [-0.3, -0.25) is 0 Å². The largest absolute Gasteiger partial charge is 0.355 e. The third kappa shape index (κ3) is 5.68. The molecular formula is C23H32N6. The molecule has 0 saturated carbocycles. The summed E-state index contributed by atoms with van der Waals surface area (Å²) in [4.78, 5) is 11.9. The van der Waals surface area contributed by atoms with E-state index in [0.29, 0.717) is 23.6 Å². The number of hydrogen-bond acceptors (Lipinski definition) is 6. The standard InChI is InChI=1S/C23H32N6/c1-5-6-7-19-13-22(29-11-10-21(15-29)25-16(2)3)28-23(26-19)27-20-9-8-17(4)18(12-20)14-24/h8-9,12-13,16,21,25H,5-7,10-11,15H2,1-4H3,(H,26,27,28)/t21-/m0/s1. The first-order valence-corrected chi connectivity index (χ1v) is 10.6. The number of anilines is 3. The summed E-state index contributed by atoms with van der Waals surface area (Å²) >= 11 is 0. The van der Waals surface area contributed by atoms with Gasteiger partial charge in [-0.2, -0.15) is 10.2 Å². The van der Waals surface area contributed by atoms with Crippen molar-refractivity contribution in [1.82, 2.24) is 15.3 Å². The van der Waals surface area contributed by atoms with E-state index < -0.39 is 0 Å². The third-order valence-electron chi connectivity index (χ3n) is 5.25. The van der Waals surface area contributed by atoms with Crippen molar-refractivity contribution >= 4 is 17.5 Å². The molecule has 1 aromatic heterocycles. The van der Waals surface area contributed by atoms with Crippen molar-refractivity contribution in [2.24, 2.45) is 0 Å². The third-order valence-corrected chi connectivity index (χ3v) is 5.25. The van der Waals surface area contributed by atoms with E-state index in [9.17, 15) is 5.26 Å². The summed E-state index contributed by atoms with van der Waals surface area (Å²) < 4.78 is 0. The molecule has 1 atom stereocenters. The second kappa shape index (κ2) is 9.71. The molecule has 0 amide bonds. The van der Waals surface area contributed by atoms with Crippen LogP contribution < -0.4 is 15.5 Å². The van der Waals surface area contributed by atoms with Crippen LogP contribution in [0.2, 0.25) is 0 Å². The first-order chi connectivity index (χ1) is 14.0. The highest BCUT2D eigenvalue weighted by atomic mass is 15.3. The van der Waals surface area contributed by atoms with Gasteiger partial charge in [-0.15, -0.1) is 0 Å². The molecule has 0 spiro atoms. The summed E-state index contributed by atoms with van der Waals surface area (Å²) in [6.45, 7) is 10.5. The monoisotopic (exact) mass is 392 g/mol. The van der Waals surface area contributed by atoms with E-state index in [-0.39, 0.29) is 0 Å². The predicted molar refractivity (Wildman–Crippen MR) is 119 cm³/mol. The Hall–Kier alpha value is -2.65. The summed E-state index contributed by atoms with van der Waals surface area (Å²) in [5, 5.41) is 16.2.